The SMILES string of the molecule is CC(c1ccccc1)n1c(-c2cc(-c3cccc(Br)c3)n[nH]2)n[nH]c1=S. The summed E-state index contributed by atoms with van der Waals surface area (Å²) in [6.45, 7) is 2.11. The molecular weight excluding hydrogens is 410 g/mol. The maximum absolute atomic E-state index is 5.47. The number of nitrogens with one attached hydrogen (secondary N) is 2. The molecule has 5 nitrogen and oxygen atoms in total. The molecule has 0 aliphatic heterocycles. The largest absolute Gasteiger partial charge is 0.292 e. The third kappa shape index (κ3) is 3.15. The summed E-state index contributed by atoms with van der Waals surface area (Å²) >= 11 is 8.97. The van der Waals surface area contributed by atoms with Crippen LogP contribution in [0.25, 0.3) is 22.8 Å². The maximum Gasteiger partial charge on any atom is 0.196 e. The average Bonchev–Trinajstić information content (AvgIpc) is 3.28. The Kier molecular flexibility index (Phi) is 4.57. The van der Waals surface area contributed by atoms with E-state index in [1.807, 2.05) is 53.1 Å². The van der Waals surface area contributed by atoms with Gasteiger partial charge in [0.15, 0.2) is 10.6 Å². The smallest absolute Gasteiger partial charge is 0.196 e. The first-order valence-electron chi connectivity index (χ1n) is 8.17. The Balaban J connectivity index is 1.75. The molecule has 4 rings (SSSR count). The Bertz CT molecular complexity index is 1100. The van der Waals surface area contributed by atoms with Crippen LogP contribution in [0.4, 0.5) is 0 Å². The number of aromatic amines is 2. The van der Waals surface area contributed by atoms with Gasteiger partial charge in [-0.1, -0.05) is 58.4 Å². The molecule has 0 radical (unpaired) electrons. The second kappa shape index (κ2) is 7.01. The van der Waals surface area contributed by atoms with Crippen molar-refractivity contribution in [2.75, 3.05) is 0 Å². The van der Waals surface area contributed by atoms with Gasteiger partial charge in [-0.05, 0) is 42.9 Å². The fourth-order valence-electron chi connectivity index (χ4n) is 2.97. The van der Waals surface area contributed by atoms with E-state index in [4.69, 9.17) is 12.2 Å². The van der Waals surface area contributed by atoms with Crippen molar-refractivity contribution >= 4 is 28.1 Å². The van der Waals surface area contributed by atoms with E-state index in [1.54, 1.807) is 0 Å². The molecule has 130 valence electrons. The minimum absolute atomic E-state index is 0.0510. The first-order chi connectivity index (χ1) is 12.6. The molecule has 4 aromatic rings. The van der Waals surface area contributed by atoms with E-state index < -0.39 is 0 Å². The van der Waals surface area contributed by atoms with Crippen LogP contribution in [0.2, 0.25) is 0 Å². The lowest BCUT2D eigenvalue weighted by molar-refractivity contribution is 0.634. The zero-order valence-corrected chi connectivity index (χ0v) is 16.4. The summed E-state index contributed by atoms with van der Waals surface area (Å²) in [5, 5.41) is 14.9. The molecule has 2 aromatic carbocycles. The molecule has 0 aliphatic rings. The third-order valence-corrected chi connectivity index (χ3v) is 5.09. The van der Waals surface area contributed by atoms with E-state index in [1.165, 1.54) is 0 Å². The van der Waals surface area contributed by atoms with Gasteiger partial charge in [0.1, 0.15) is 5.69 Å². The summed E-state index contributed by atoms with van der Waals surface area (Å²) < 4.78 is 3.60. The molecule has 1 unspecified atom stereocenters. The number of benzene rings is 2. The predicted molar refractivity (Wildman–Crippen MR) is 108 cm³/mol. The van der Waals surface area contributed by atoms with E-state index in [0.717, 1.165) is 32.8 Å². The van der Waals surface area contributed by atoms with E-state index in [9.17, 15) is 0 Å². The highest BCUT2D eigenvalue weighted by atomic mass is 79.9. The summed E-state index contributed by atoms with van der Waals surface area (Å²) in [6.07, 6.45) is 0. The third-order valence-electron chi connectivity index (χ3n) is 4.31. The summed E-state index contributed by atoms with van der Waals surface area (Å²) in [4.78, 5) is 0. The minimum Gasteiger partial charge on any atom is -0.292 e. The van der Waals surface area contributed by atoms with Crippen LogP contribution >= 0.6 is 28.1 Å². The molecule has 2 heterocycles. The fourth-order valence-corrected chi connectivity index (χ4v) is 3.66. The van der Waals surface area contributed by atoms with Crippen LogP contribution < -0.4 is 0 Å². The Morgan fingerprint density at radius 1 is 1.00 bits per heavy atom. The Hall–Kier alpha value is -2.51. The highest BCUT2D eigenvalue weighted by Gasteiger charge is 2.18. The van der Waals surface area contributed by atoms with E-state index in [0.29, 0.717) is 4.77 Å². The van der Waals surface area contributed by atoms with Crippen molar-refractivity contribution in [2.24, 2.45) is 0 Å². The Labute approximate surface area is 164 Å². The highest BCUT2D eigenvalue weighted by Crippen LogP contribution is 2.28. The van der Waals surface area contributed by atoms with Crippen molar-refractivity contribution in [3.05, 3.63) is 75.5 Å². The number of halogens is 1. The fraction of sp³-hybridized carbons (Fsp3) is 0.105. The zero-order chi connectivity index (χ0) is 18.1. The molecule has 2 N–H and O–H groups in total. The van der Waals surface area contributed by atoms with Gasteiger partial charge < -0.3 is 0 Å². The predicted octanol–water partition coefficient (Wildman–Crippen LogP) is 5.37. The molecule has 0 spiro atoms. The topological polar surface area (TPSA) is 62.3 Å². The summed E-state index contributed by atoms with van der Waals surface area (Å²) in [6, 6.07) is 20.3. The number of H-pyrrole nitrogens is 2. The quantitative estimate of drug-likeness (QED) is 0.432. The van der Waals surface area contributed by atoms with E-state index >= 15 is 0 Å². The van der Waals surface area contributed by atoms with Gasteiger partial charge in [0.05, 0.1) is 11.7 Å². The molecule has 0 bridgehead atoms. The molecule has 0 amide bonds. The van der Waals surface area contributed by atoms with Gasteiger partial charge in [-0.15, -0.1) is 0 Å². The normalized spacial score (nSPS) is 12.2. The minimum atomic E-state index is 0.0510. The van der Waals surface area contributed by atoms with Crippen LogP contribution in [0.3, 0.4) is 0 Å². The standard InChI is InChI=1S/C19H16BrN5S/c1-12(13-6-3-2-4-7-13)25-18(23-24-19(25)26)17-11-16(21-22-17)14-8-5-9-15(20)10-14/h2-12H,1H3,(H,21,22)(H,24,26). The Morgan fingerprint density at radius 3 is 2.58 bits per heavy atom. The van der Waals surface area contributed by atoms with Crippen molar-refractivity contribution in [3.63, 3.8) is 0 Å². The molecule has 1 atom stereocenters. The molecule has 26 heavy (non-hydrogen) atoms. The highest BCUT2D eigenvalue weighted by molar-refractivity contribution is 9.10. The lowest BCUT2D eigenvalue weighted by Crippen LogP contribution is -2.08. The van der Waals surface area contributed by atoms with Crippen LogP contribution in [0, 0.1) is 4.77 Å². The van der Waals surface area contributed by atoms with E-state index in [-0.39, 0.29) is 6.04 Å². The van der Waals surface area contributed by atoms with Crippen LogP contribution in [0.1, 0.15) is 18.5 Å². The van der Waals surface area contributed by atoms with Gasteiger partial charge in [-0.25, -0.2) is 0 Å². The van der Waals surface area contributed by atoms with Crippen LogP contribution in [-0.2, 0) is 0 Å². The molecule has 0 saturated carbocycles. The summed E-state index contributed by atoms with van der Waals surface area (Å²) in [7, 11) is 0. The van der Waals surface area contributed by atoms with Crippen molar-refractivity contribution in [1.29, 1.82) is 0 Å². The molecule has 0 aliphatic carbocycles. The number of hydrogen-bond acceptors (Lipinski definition) is 3. The van der Waals surface area contributed by atoms with Gasteiger partial charge in [0.2, 0.25) is 0 Å². The van der Waals surface area contributed by atoms with Crippen molar-refractivity contribution in [1.82, 2.24) is 25.0 Å². The number of nitrogens with zero attached hydrogens (tertiary/aromatic N) is 3. The van der Waals surface area contributed by atoms with Crippen LogP contribution in [0.5, 0.6) is 0 Å². The molecule has 0 saturated heterocycles. The molecular formula is C19H16BrN5S. The first-order valence-corrected chi connectivity index (χ1v) is 9.37. The first kappa shape index (κ1) is 16.9. The lowest BCUT2D eigenvalue weighted by Gasteiger charge is -2.15. The van der Waals surface area contributed by atoms with Gasteiger partial charge >= 0.3 is 0 Å². The molecule has 0 fully saturated rings. The number of aromatic nitrogens is 5. The van der Waals surface area contributed by atoms with Gasteiger partial charge in [0, 0.05) is 10.0 Å². The van der Waals surface area contributed by atoms with E-state index in [2.05, 4.69) is 55.4 Å². The average molecular weight is 426 g/mol. The van der Waals surface area contributed by atoms with Gasteiger partial charge in [-0.3, -0.25) is 14.8 Å². The second-order valence-electron chi connectivity index (χ2n) is 5.99. The van der Waals surface area contributed by atoms with Crippen molar-refractivity contribution < 1.29 is 0 Å². The number of rotatable bonds is 4. The monoisotopic (exact) mass is 425 g/mol. The lowest BCUT2D eigenvalue weighted by atomic mass is 10.1. The van der Waals surface area contributed by atoms with Crippen LogP contribution in [0.15, 0.2) is 65.1 Å². The maximum atomic E-state index is 5.47. The number of hydrogen-bond donors (Lipinski definition) is 2. The second-order valence-corrected chi connectivity index (χ2v) is 7.29. The molecule has 7 heteroatoms. The van der Waals surface area contributed by atoms with Crippen molar-refractivity contribution in [3.8, 4) is 22.8 Å². The van der Waals surface area contributed by atoms with Crippen molar-refractivity contribution in [2.45, 2.75) is 13.0 Å². The molecule has 2 aromatic heterocycles. The van der Waals surface area contributed by atoms with Crippen LogP contribution in [-0.4, -0.2) is 25.0 Å². The summed E-state index contributed by atoms with van der Waals surface area (Å²) in [5.41, 5.74) is 3.86. The van der Waals surface area contributed by atoms with Gasteiger partial charge in [-0.2, -0.15) is 10.2 Å². The van der Waals surface area contributed by atoms with Gasteiger partial charge in [0.25, 0.3) is 0 Å². The Morgan fingerprint density at radius 2 is 1.81 bits per heavy atom. The zero-order valence-electron chi connectivity index (χ0n) is 14.0. The summed E-state index contributed by atoms with van der Waals surface area (Å²) in [5.74, 6) is 0.736.